The highest BCUT2D eigenvalue weighted by atomic mass is 32.1. The molecule has 0 radical (unpaired) electrons. The molecule has 3 heterocycles. The first-order valence-corrected chi connectivity index (χ1v) is 9.42. The van der Waals surface area contributed by atoms with Crippen molar-refractivity contribution in [2.75, 3.05) is 13.1 Å². The third-order valence-electron chi connectivity index (χ3n) is 5.22. The highest BCUT2D eigenvalue weighted by Gasteiger charge is 2.44. The summed E-state index contributed by atoms with van der Waals surface area (Å²) in [6.45, 7) is 4.16. The Morgan fingerprint density at radius 1 is 1.46 bits per heavy atom. The Balaban J connectivity index is 1.48. The van der Waals surface area contributed by atoms with Gasteiger partial charge in [-0.05, 0) is 49.6 Å². The maximum absolute atomic E-state index is 12.6. The van der Waals surface area contributed by atoms with E-state index in [-0.39, 0.29) is 11.4 Å². The molecule has 1 saturated heterocycles. The normalized spacial score (nSPS) is 22.6. The first-order chi connectivity index (χ1) is 11.7. The summed E-state index contributed by atoms with van der Waals surface area (Å²) in [7, 11) is 0. The summed E-state index contributed by atoms with van der Waals surface area (Å²) >= 11 is 1.67. The summed E-state index contributed by atoms with van der Waals surface area (Å²) in [4.78, 5) is 24.8. The molecule has 1 unspecified atom stereocenters. The molecule has 126 valence electrons. The largest absolute Gasteiger partial charge is 0.333 e. The molecule has 1 aliphatic heterocycles. The number of thiophene rings is 1. The number of aryl methyl sites for hydroxylation is 2. The number of amides is 2. The van der Waals surface area contributed by atoms with E-state index in [9.17, 15) is 4.79 Å². The van der Waals surface area contributed by atoms with Crippen LogP contribution in [-0.2, 0) is 18.4 Å². The molecule has 24 heavy (non-hydrogen) atoms. The van der Waals surface area contributed by atoms with Crippen molar-refractivity contribution < 1.29 is 4.79 Å². The first kappa shape index (κ1) is 15.6. The topological polar surface area (TPSA) is 58.1 Å². The lowest BCUT2D eigenvalue weighted by Crippen LogP contribution is -2.51. The molecule has 1 N–H and O–H groups in total. The molecule has 2 aromatic rings. The van der Waals surface area contributed by atoms with Crippen molar-refractivity contribution in [3.63, 3.8) is 0 Å². The molecule has 2 aromatic heterocycles. The number of hydrogen-bond acceptors (Lipinski definition) is 4. The predicted octanol–water partition coefficient (Wildman–Crippen LogP) is 3.04. The lowest BCUT2D eigenvalue weighted by Gasteiger charge is -2.40. The Morgan fingerprint density at radius 3 is 3.21 bits per heavy atom. The third kappa shape index (κ3) is 2.79. The summed E-state index contributed by atoms with van der Waals surface area (Å²) in [6, 6.07) is 4.11. The van der Waals surface area contributed by atoms with Gasteiger partial charge in [-0.1, -0.05) is 6.07 Å². The number of urea groups is 1. The fraction of sp³-hybridized carbons (Fsp3) is 0.500. The van der Waals surface area contributed by atoms with Gasteiger partial charge in [0.05, 0.1) is 12.2 Å². The molecule has 2 amide bonds. The second kappa shape index (κ2) is 6.16. The van der Waals surface area contributed by atoms with E-state index in [1.807, 2.05) is 29.5 Å². The summed E-state index contributed by atoms with van der Waals surface area (Å²) < 4.78 is 0. The SMILES string of the molecule is Cc1ncc2c(n1)C1(CCCN(C(=O)NCc3cccs3)C1)CC2. The Labute approximate surface area is 146 Å². The monoisotopic (exact) mass is 342 g/mol. The van der Waals surface area contributed by atoms with Crippen LogP contribution in [-0.4, -0.2) is 34.0 Å². The van der Waals surface area contributed by atoms with E-state index in [0.717, 1.165) is 44.6 Å². The molecule has 0 bridgehead atoms. The Bertz CT molecular complexity index is 741. The van der Waals surface area contributed by atoms with Gasteiger partial charge in [-0.15, -0.1) is 11.3 Å². The Hall–Kier alpha value is -1.95. The Morgan fingerprint density at radius 2 is 2.38 bits per heavy atom. The highest BCUT2D eigenvalue weighted by molar-refractivity contribution is 7.09. The fourth-order valence-corrected chi connectivity index (χ4v) is 4.66. The van der Waals surface area contributed by atoms with Gasteiger partial charge in [0.25, 0.3) is 0 Å². The van der Waals surface area contributed by atoms with Gasteiger partial charge in [0, 0.05) is 29.6 Å². The van der Waals surface area contributed by atoms with Gasteiger partial charge in [-0.25, -0.2) is 14.8 Å². The van der Waals surface area contributed by atoms with Gasteiger partial charge in [-0.2, -0.15) is 0 Å². The minimum atomic E-state index is 0.0293. The van der Waals surface area contributed by atoms with E-state index in [1.165, 1.54) is 16.1 Å². The number of aromatic nitrogens is 2. The molecule has 0 aromatic carbocycles. The molecular weight excluding hydrogens is 320 g/mol. The molecular formula is C18H22N4OS. The van der Waals surface area contributed by atoms with Gasteiger partial charge in [0.15, 0.2) is 0 Å². The summed E-state index contributed by atoms with van der Waals surface area (Å²) in [5, 5.41) is 5.10. The minimum Gasteiger partial charge on any atom is -0.333 e. The van der Waals surface area contributed by atoms with Gasteiger partial charge < -0.3 is 10.2 Å². The van der Waals surface area contributed by atoms with Crippen LogP contribution in [0.3, 0.4) is 0 Å². The van der Waals surface area contributed by atoms with Crippen molar-refractivity contribution in [2.24, 2.45) is 0 Å². The average molecular weight is 342 g/mol. The maximum atomic E-state index is 12.6. The van der Waals surface area contributed by atoms with Crippen LogP contribution in [0.2, 0.25) is 0 Å². The summed E-state index contributed by atoms with van der Waals surface area (Å²) in [5.41, 5.74) is 2.48. The van der Waals surface area contributed by atoms with Crippen LogP contribution < -0.4 is 5.32 Å². The van der Waals surface area contributed by atoms with E-state index < -0.39 is 0 Å². The molecule has 0 saturated carbocycles. The number of carbonyl (C=O) groups is 1. The number of rotatable bonds is 2. The second-order valence-corrected chi connectivity index (χ2v) is 7.87. The third-order valence-corrected chi connectivity index (χ3v) is 6.09. The number of likely N-dealkylation sites (tertiary alicyclic amines) is 1. The van der Waals surface area contributed by atoms with Crippen LogP contribution >= 0.6 is 11.3 Å². The number of piperidine rings is 1. The van der Waals surface area contributed by atoms with Crippen molar-refractivity contribution in [1.29, 1.82) is 0 Å². The molecule has 1 aliphatic carbocycles. The zero-order valence-electron chi connectivity index (χ0n) is 13.9. The van der Waals surface area contributed by atoms with Crippen LogP contribution in [0.5, 0.6) is 0 Å². The molecule has 2 aliphatic rings. The lowest BCUT2D eigenvalue weighted by atomic mass is 9.77. The maximum Gasteiger partial charge on any atom is 0.317 e. The van der Waals surface area contributed by atoms with Crippen LogP contribution in [0.4, 0.5) is 4.79 Å². The van der Waals surface area contributed by atoms with Crippen molar-refractivity contribution in [2.45, 2.75) is 44.6 Å². The molecule has 1 fully saturated rings. The zero-order chi connectivity index (χ0) is 16.6. The Kier molecular flexibility index (Phi) is 4.00. The van der Waals surface area contributed by atoms with Gasteiger partial charge in [0.2, 0.25) is 0 Å². The first-order valence-electron chi connectivity index (χ1n) is 8.54. The van der Waals surface area contributed by atoms with Gasteiger partial charge in [-0.3, -0.25) is 0 Å². The van der Waals surface area contributed by atoms with Crippen LogP contribution in [0, 0.1) is 6.92 Å². The average Bonchev–Trinajstić information content (AvgIpc) is 3.22. The molecule has 5 nitrogen and oxygen atoms in total. The van der Waals surface area contributed by atoms with Crippen molar-refractivity contribution >= 4 is 17.4 Å². The molecule has 1 spiro atoms. The quantitative estimate of drug-likeness (QED) is 0.912. The number of fused-ring (bicyclic) bond motifs is 2. The van der Waals surface area contributed by atoms with Crippen LogP contribution in [0.1, 0.15) is 41.2 Å². The predicted molar refractivity (Wildman–Crippen MR) is 94.1 cm³/mol. The molecule has 4 rings (SSSR count). The van der Waals surface area contributed by atoms with E-state index in [1.54, 1.807) is 11.3 Å². The summed E-state index contributed by atoms with van der Waals surface area (Å²) in [5.74, 6) is 0.828. The number of hydrogen-bond donors (Lipinski definition) is 1. The lowest BCUT2D eigenvalue weighted by molar-refractivity contribution is 0.147. The van der Waals surface area contributed by atoms with Crippen molar-refractivity contribution in [1.82, 2.24) is 20.2 Å². The number of nitrogens with zero attached hydrogens (tertiary/aromatic N) is 3. The molecule has 1 atom stereocenters. The highest BCUT2D eigenvalue weighted by Crippen LogP contribution is 2.43. The zero-order valence-corrected chi connectivity index (χ0v) is 14.7. The number of nitrogens with one attached hydrogen (secondary N) is 1. The van der Waals surface area contributed by atoms with E-state index in [2.05, 4.69) is 16.4 Å². The van der Waals surface area contributed by atoms with E-state index >= 15 is 0 Å². The summed E-state index contributed by atoms with van der Waals surface area (Å²) in [6.07, 6.45) is 6.23. The number of carbonyl (C=O) groups excluding carboxylic acids is 1. The fourth-order valence-electron chi connectivity index (χ4n) is 4.02. The van der Waals surface area contributed by atoms with Crippen LogP contribution in [0.15, 0.2) is 23.7 Å². The van der Waals surface area contributed by atoms with Crippen LogP contribution in [0.25, 0.3) is 0 Å². The second-order valence-electron chi connectivity index (χ2n) is 6.83. The van der Waals surface area contributed by atoms with Crippen molar-refractivity contribution in [3.05, 3.63) is 45.7 Å². The molecule has 6 heteroatoms. The minimum absolute atomic E-state index is 0.0293. The standard InChI is InChI=1S/C18H22N4OS/c1-13-19-10-14-5-7-18(16(14)21-13)6-3-8-22(12-18)17(23)20-11-15-4-2-9-24-15/h2,4,9-10H,3,5-8,11-12H2,1H3,(H,20,23). The smallest absolute Gasteiger partial charge is 0.317 e. The van der Waals surface area contributed by atoms with E-state index in [4.69, 9.17) is 4.98 Å². The van der Waals surface area contributed by atoms with Gasteiger partial charge in [0.1, 0.15) is 5.82 Å². The van der Waals surface area contributed by atoms with Gasteiger partial charge >= 0.3 is 6.03 Å². The van der Waals surface area contributed by atoms with Crippen molar-refractivity contribution in [3.8, 4) is 0 Å². The van der Waals surface area contributed by atoms with E-state index in [0.29, 0.717) is 6.54 Å².